The van der Waals surface area contributed by atoms with E-state index in [0.717, 1.165) is 5.01 Å². The predicted octanol–water partition coefficient (Wildman–Crippen LogP) is 1.69. The van der Waals surface area contributed by atoms with Crippen molar-refractivity contribution in [2.45, 2.75) is 24.7 Å². The normalized spacial score (nSPS) is 30.5. The summed E-state index contributed by atoms with van der Waals surface area (Å²) in [6.45, 7) is 1.78. The van der Waals surface area contributed by atoms with E-state index in [4.69, 9.17) is 5.73 Å². The first-order valence-corrected chi connectivity index (χ1v) is 4.90. The molecule has 1 aliphatic carbocycles. The van der Waals surface area contributed by atoms with Gasteiger partial charge in [-0.1, -0.05) is 0 Å². The van der Waals surface area contributed by atoms with Crippen molar-refractivity contribution >= 4 is 11.3 Å². The van der Waals surface area contributed by atoms with E-state index in [1.54, 1.807) is 12.3 Å². The lowest BCUT2D eigenvalue weighted by atomic mass is 10.0. The van der Waals surface area contributed by atoms with Gasteiger partial charge in [0.1, 0.15) is 0 Å². The second-order valence-electron chi connectivity index (χ2n) is 3.42. The number of hydrogen-bond acceptors (Lipinski definition) is 3. The van der Waals surface area contributed by atoms with Crippen molar-refractivity contribution < 1.29 is 8.78 Å². The highest BCUT2D eigenvalue weighted by Crippen LogP contribution is 2.60. The van der Waals surface area contributed by atoms with Crippen LogP contribution < -0.4 is 5.73 Å². The van der Waals surface area contributed by atoms with Crippen LogP contribution in [-0.2, 0) is 5.41 Å². The molecule has 0 spiro atoms. The Kier molecular flexibility index (Phi) is 1.72. The van der Waals surface area contributed by atoms with E-state index in [1.165, 1.54) is 11.3 Å². The Balaban J connectivity index is 2.35. The Labute approximate surface area is 78.8 Å². The monoisotopic (exact) mass is 204 g/mol. The molecule has 1 atom stereocenters. The fraction of sp³-hybridized carbons (Fsp3) is 0.625. The lowest BCUT2D eigenvalue weighted by Gasteiger charge is -2.09. The SMILES string of the molecule is Cc1nc(C2(CN)CC2(F)F)cs1. The van der Waals surface area contributed by atoms with E-state index in [2.05, 4.69) is 4.98 Å². The molecular formula is C8H10F2N2S. The average molecular weight is 204 g/mol. The molecule has 1 saturated carbocycles. The van der Waals surface area contributed by atoms with Gasteiger partial charge in [-0.25, -0.2) is 13.8 Å². The van der Waals surface area contributed by atoms with Gasteiger partial charge in [-0.3, -0.25) is 0 Å². The zero-order chi connectivity index (χ0) is 9.69. The second kappa shape index (κ2) is 2.48. The summed E-state index contributed by atoms with van der Waals surface area (Å²) in [7, 11) is 0. The first kappa shape index (κ1) is 9.02. The predicted molar refractivity (Wildman–Crippen MR) is 47.1 cm³/mol. The maximum atomic E-state index is 13.0. The fourth-order valence-electron chi connectivity index (χ4n) is 1.52. The third kappa shape index (κ3) is 1.10. The van der Waals surface area contributed by atoms with E-state index in [1.807, 2.05) is 0 Å². The van der Waals surface area contributed by atoms with Gasteiger partial charge in [0.25, 0.3) is 5.92 Å². The third-order valence-electron chi connectivity index (χ3n) is 2.56. The van der Waals surface area contributed by atoms with E-state index >= 15 is 0 Å². The minimum absolute atomic E-state index is 0.0246. The van der Waals surface area contributed by atoms with Crippen LogP contribution in [-0.4, -0.2) is 17.5 Å². The molecule has 72 valence electrons. The van der Waals surface area contributed by atoms with Crippen LogP contribution in [0.1, 0.15) is 17.1 Å². The van der Waals surface area contributed by atoms with Gasteiger partial charge in [-0.15, -0.1) is 11.3 Å². The summed E-state index contributed by atoms with van der Waals surface area (Å²) in [5.74, 6) is -2.65. The maximum Gasteiger partial charge on any atom is 0.261 e. The average Bonchev–Trinajstić information content (AvgIpc) is 2.43. The van der Waals surface area contributed by atoms with Gasteiger partial charge in [0.15, 0.2) is 0 Å². The molecule has 1 unspecified atom stereocenters. The highest BCUT2D eigenvalue weighted by Gasteiger charge is 2.72. The van der Waals surface area contributed by atoms with Gasteiger partial charge in [0, 0.05) is 18.3 Å². The van der Waals surface area contributed by atoms with Crippen LogP contribution in [0.25, 0.3) is 0 Å². The molecule has 1 aromatic rings. The van der Waals surface area contributed by atoms with Crippen molar-refractivity contribution in [3.05, 3.63) is 16.1 Å². The molecule has 1 aliphatic rings. The molecule has 0 amide bonds. The van der Waals surface area contributed by atoms with E-state index in [9.17, 15) is 8.78 Å². The second-order valence-corrected chi connectivity index (χ2v) is 4.48. The Morgan fingerprint density at radius 3 is 2.62 bits per heavy atom. The zero-order valence-corrected chi connectivity index (χ0v) is 8.00. The third-order valence-corrected chi connectivity index (χ3v) is 3.33. The topological polar surface area (TPSA) is 38.9 Å². The number of aryl methyl sites for hydroxylation is 1. The van der Waals surface area contributed by atoms with Crippen LogP contribution >= 0.6 is 11.3 Å². The largest absolute Gasteiger partial charge is 0.329 e. The molecule has 2 N–H and O–H groups in total. The maximum absolute atomic E-state index is 13.0. The minimum Gasteiger partial charge on any atom is -0.329 e. The number of nitrogens with two attached hydrogens (primary N) is 1. The van der Waals surface area contributed by atoms with Crippen molar-refractivity contribution in [3.63, 3.8) is 0 Å². The van der Waals surface area contributed by atoms with Crippen LogP contribution in [0.5, 0.6) is 0 Å². The Morgan fingerprint density at radius 2 is 2.31 bits per heavy atom. The molecule has 5 heteroatoms. The summed E-state index contributed by atoms with van der Waals surface area (Å²) in [5, 5.41) is 2.49. The summed E-state index contributed by atoms with van der Waals surface area (Å²) in [5.41, 5.74) is 4.68. The van der Waals surface area contributed by atoms with E-state index in [0.29, 0.717) is 5.69 Å². The number of halogens is 2. The van der Waals surface area contributed by atoms with Crippen molar-refractivity contribution in [2.24, 2.45) is 5.73 Å². The standard InChI is InChI=1S/C8H10F2N2S/c1-5-12-6(2-13-5)7(4-11)3-8(7,9)10/h2H,3-4,11H2,1H3. The number of hydrogen-bond donors (Lipinski definition) is 1. The molecule has 0 radical (unpaired) electrons. The first-order chi connectivity index (χ1) is 6.02. The van der Waals surface area contributed by atoms with Gasteiger partial charge in [-0.2, -0.15) is 0 Å². The van der Waals surface area contributed by atoms with Gasteiger partial charge in [-0.05, 0) is 6.92 Å². The van der Waals surface area contributed by atoms with Crippen molar-refractivity contribution in [1.82, 2.24) is 4.98 Å². The molecular weight excluding hydrogens is 194 g/mol. The summed E-state index contributed by atoms with van der Waals surface area (Å²) in [4.78, 5) is 4.07. The van der Waals surface area contributed by atoms with Crippen LogP contribution in [0.3, 0.4) is 0 Å². The van der Waals surface area contributed by atoms with Crippen LogP contribution in [0.15, 0.2) is 5.38 Å². The Morgan fingerprint density at radius 1 is 1.69 bits per heavy atom. The van der Waals surface area contributed by atoms with Gasteiger partial charge < -0.3 is 5.73 Å². The molecule has 0 aliphatic heterocycles. The van der Waals surface area contributed by atoms with Gasteiger partial charge in [0.2, 0.25) is 0 Å². The van der Waals surface area contributed by atoms with Crippen molar-refractivity contribution in [3.8, 4) is 0 Å². The lowest BCUT2D eigenvalue weighted by Crippen LogP contribution is -2.27. The molecule has 0 aromatic carbocycles. The van der Waals surface area contributed by atoms with Crippen LogP contribution in [0.4, 0.5) is 8.78 Å². The number of thiazole rings is 1. The summed E-state index contributed by atoms with van der Waals surface area (Å²) >= 11 is 1.39. The number of aromatic nitrogens is 1. The summed E-state index contributed by atoms with van der Waals surface area (Å²) in [6.07, 6.45) is -0.153. The molecule has 0 bridgehead atoms. The van der Waals surface area contributed by atoms with Crippen molar-refractivity contribution in [1.29, 1.82) is 0 Å². The first-order valence-electron chi connectivity index (χ1n) is 4.02. The van der Waals surface area contributed by atoms with Crippen LogP contribution in [0.2, 0.25) is 0 Å². The molecule has 13 heavy (non-hydrogen) atoms. The van der Waals surface area contributed by atoms with Gasteiger partial charge in [0.05, 0.1) is 16.1 Å². The number of rotatable bonds is 2. The Hall–Kier alpha value is -0.550. The smallest absolute Gasteiger partial charge is 0.261 e. The molecule has 2 nitrogen and oxygen atoms in total. The Bertz CT molecular complexity index is 337. The molecule has 1 heterocycles. The number of alkyl halides is 2. The number of nitrogens with zero attached hydrogens (tertiary/aromatic N) is 1. The van der Waals surface area contributed by atoms with Crippen LogP contribution in [0, 0.1) is 6.92 Å². The zero-order valence-electron chi connectivity index (χ0n) is 7.18. The highest BCUT2D eigenvalue weighted by molar-refractivity contribution is 7.09. The van der Waals surface area contributed by atoms with E-state index in [-0.39, 0.29) is 13.0 Å². The quantitative estimate of drug-likeness (QED) is 0.796. The molecule has 1 fully saturated rings. The fourth-order valence-corrected chi connectivity index (χ4v) is 2.23. The van der Waals surface area contributed by atoms with E-state index < -0.39 is 11.3 Å². The molecule has 1 aromatic heterocycles. The molecule has 0 saturated heterocycles. The summed E-state index contributed by atoms with van der Waals surface area (Å²) < 4.78 is 26.1. The minimum atomic E-state index is -2.65. The van der Waals surface area contributed by atoms with Gasteiger partial charge >= 0.3 is 0 Å². The highest BCUT2D eigenvalue weighted by atomic mass is 32.1. The molecule has 2 rings (SSSR count). The summed E-state index contributed by atoms with van der Waals surface area (Å²) in [6, 6.07) is 0. The van der Waals surface area contributed by atoms with Crippen molar-refractivity contribution in [2.75, 3.05) is 6.54 Å². The lowest BCUT2D eigenvalue weighted by molar-refractivity contribution is 0.0887.